The lowest BCUT2D eigenvalue weighted by Crippen LogP contribution is -2.44. The fourth-order valence-electron chi connectivity index (χ4n) is 1.32. The molecule has 0 radical (unpaired) electrons. The summed E-state index contributed by atoms with van der Waals surface area (Å²) in [6, 6.07) is -0.0912. The summed E-state index contributed by atoms with van der Waals surface area (Å²) in [6.07, 6.45) is 1.29. The van der Waals surface area contributed by atoms with Gasteiger partial charge in [0, 0.05) is 11.9 Å². The van der Waals surface area contributed by atoms with E-state index in [2.05, 4.69) is 4.72 Å². The van der Waals surface area contributed by atoms with E-state index in [-0.39, 0.29) is 17.2 Å². The molecule has 1 atom stereocenters. The van der Waals surface area contributed by atoms with E-state index in [1.165, 1.54) is 0 Å². The normalized spacial score (nSPS) is 15.3. The molecule has 0 aromatic heterocycles. The molecular formula is C10H22ClNO2S. The van der Waals surface area contributed by atoms with Gasteiger partial charge in [0.1, 0.15) is 0 Å². The zero-order valence-corrected chi connectivity index (χ0v) is 11.6. The number of halogens is 1. The van der Waals surface area contributed by atoms with E-state index in [0.717, 1.165) is 0 Å². The molecular weight excluding hydrogens is 234 g/mol. The Labute approximate surface area is 98.6 Å². The molecule has 0 rings (SSSR count). The first kappa shape index (κ1) is 15.2. The van der Waals surface area contributed by atoms with E-state index >= 15 is 0 Å². The Bertz CT molecular complexity index is 270. The number of nitrogens with one attached hydrogen (secondary N) is 1. The highest BCUT2D eigenvalue weighted by Gasteiger charge is 2.27. The Morgan fingerprint density at radius 3 is 2.20 bits per heavy atom. The summed E-state index contributed by atoms with van der Waals surface area (Å²) in [4.78, 5) is 0. The second kappa shape index (κ2) is 6.06. The maximum atomic E-state index is 11.6. The van der Waals surface area contributed by atoms with E-state index < -0.39 is 10.0 Å². The van der Waals surface area contributed by atoms with Crippen molar-refractivity contribution in [3.8, 4) is 0 Å². The van der Waals surface area contributed by atoms with E-state index in [0.29, 0.717) is 18.7 Å². The summed E-state index contributed by atoms with van der Waals surface area (Å²) in [5.41, 5.74) is -0.101. The SMILES string of the molecule is CCCS(=O)(=O)NC(CCCl)C(C)(C)C. The van der Waals surface area contributed by atoms with E-state index in [1.54, 1.807) is 0 Å². The molecule has 1 N–H and O–H groups in total. The van der Waals surface area contributed by atoms with Crippen LogP contribution in [0.15, 0.2) is 0 Å². The van der Waals surface area contributed by atoms with Gasteiger partial charge in [-0.1, -0.05) is 27.7 Å². The molecule has 0 aromatic carbocycles. The van der Waals surface area contributed by atoms with E-state index in [9.17, 15) is 8.42 Å². The highest BCUT2D eigenvalue weighted by Crippen LogP contribution is 2.23. The van der Waals surface area contributed by atoms with Crippen molar-refractivity contribution in [2.24, 2.45) is 5.41 Å². The van der Waals surface area contributed by atoms with Gasteiger partial charge in [-0.2, -0.15) is 0 Å². The van der Waals surface area contributed by atoms with Crippen LogP contribution in [0.3, 0.4) is 0 Å². The fourth-order valence-corrected chi connectivity index (χ4v) is 3.10. The molecule has 92 valence electrons. The van der Waals surface area contributed by atoms with Crippen LogP contribution in [-0.4, -0.2) is 26.1 Å². The molecule has 0 aromatic rings. The first-order valence-corrected chi connectivity index (χ1v) is 7.47. The van der Waals surface area contributed by atoms with Crippen molar-refractivity contribution in [2.75, 3.05) is 11.6 Å². The summed E-state index contributed by atoms with van der Waals surface area (Å²) in [6.45, 7) is 7.89. The Kier molecular flexibility index (Phi) is 6.14. The molecule has 0 aliphatic heterocycles. The first-order chi connectivity index (χ1) is 6.73. The summed E-state index contributed by atoms with van der Waals surface area (Å²) >= 11 is 5.67. The minimum Gasteiger partial charge on any atom is -0.212 e. The Hall–Kier alpha value is 0.200. The van der Waals surface area contributed by atoms with Crippen molar-refractivity contribution in [3.63, 3.8) is 0 Å². The van der Waals surface area contributed by atoms with Crippen LogP contribution in [0.5, 0.6) is 0 Å². The van der Waals surface area contributed by atoms with Crippen LogP contribution in [0.4, 0.5) is 0 Å². The van der Waals surface area contributed by atoms with Gasteiger partial charge in [-0.05, 0) is 18.3 Å². The largest absolute Gasteiger partial charge is 0.212 e. The van der Waals surface area contributed by atoms with E-state index in [4.69, 9.17) is 11.6 Å². The molecule has 0 spiro atoms. The minimum atomic E-state index is -3.14. The van der Waals surface area contributed by atoms with Gasteiger partial charge in [-0.3, -0.25) is 0 Å². The van der Waals surface area contributed by atoms with Gasteiger partial charge in [-0.25, -0.2) is 13.1 Å². The maximum absolute atomic E-state index is 11.6. The van der Waals surface area contributed by atoms with Crippen LogP contribution < -0.4 is 4.72 Å². The van der Waals surface area contributed by atoms with Crippen LogP contribution in [0.1, 0.15) is 40.5 Å². The van der Waals surface area contributed by atoms with Crippen molar-refractivity contribution in [1.82, 2.24) is 4.72 Å². The highest BCUT2D eigenvalue weighted by molar-refractivity contribution is 7.89. The third-order valence-corrected chi connectivity index (χ3v) is 4.05. The number of sulfonamides is 1. The monoisotopic (exact) mass is 255 g/mol. The van der Waals surface area contributed by atoms with Crippen LogP contribution in [-0.2, 0) is 10.0 Å². The van der Waals surface area contributed by atoms with Crippen LogP contribution in [0.2, 0.25) is 0 Å². The minimum absolute atomic E-state index is 0.0912. The Balaban J connectivity index is 4.55. The molecule has 0 heterocycles. The zero-order valence-electron chi connectivity index (χ0n) is 10.0. The molecule has 5 heteroatoms. The van der Waals surface area contributed by atoms with Crippen molar-refractivity contribution in [3.05, 3.63) is 0 Å². The van der Waals surface area contributed by atoms with Crippen molar-refractivity contribution in [1.29, 1.82) is 0 Å². The summed E-state index contributed by atoms with van der Waals surface area (Å²) in [5, 5.41) is 0. The van der Waals surface area contributed by atoms with Gasteiger partial charge in [0.05, 0.1) is 5.75 Å². The van der Waals surface area contributed by atoms with Crippen LogP contribution >= 0.6 is 11.6 Å². The second-order valence-corrected chi connectivity index (χ2v) is 7.08. The van der Waals surface area contributed by atoms with Crippen LogP contribution in [0, 0.1) is 5.41 Å². The van der Waals surface area contributed by atoms with Gasteiger partial charge in [-0.15, -0.1) is 11.6 Å². The molecule has 1 unspecified atom stereocenters. The Morgan fingerprint density at radius 2 is 1.87 bits per heavy atom. The lowest BCUT2D eigenvalue weighted by Gasteiger charge is -2.30. The van der Waals surface area contributed by atoms with Gasteiger partial charge < -0.3 is 0 Å². The average Bonchev–Trinajstić information content (AvgIpc) is 2.01. The predicted octanol–water partition coefficient (Wildman–Crippen LogP) is 2.36. The van der Waals surface area contributed by atoms with Crippen molar-refractivity contribution in [2.45, 2.75) is 46.6 Å². The molecule has 0 bridgehead atoms. The lowest BCUT2D eigenvalue weighted by molar-refractivity contribution is 0.292. The first-order valence-electron chi connectivity index (χ1n) is 5.29. The summed E-state index contributed by atoms with van der Waals surface area (Å²) < 4.78 is 25.9. The molecule has 0 amide bonds. The Morgan fingerprint density at radius 1 is 1.33 bits per heavy atom. The topological polar surface area (TPSA) is 46.2 Å². The quantitative estimate of drug-likeness (QED) is 0.741. The van der Waals surface area contributed by atoms with Gasteiger partial charge in [0.2, 0.25) is 10.0 Å². The smallest absolute Gasteiger partial charge is 0.211 e. The molecule has 0 aliphatic rings. The maximum Gasteiger partial charge on any atom is 0.211 e. The van der Waals surface area contributed by atoms with Crippen molar-refractivity contribution >= 4 is 21.6 Å². The lowest BCUT2D eigenvalue weighted by atomic mass is 9.86. The predicted molar refractivity (Wildman–Crippen MR) is 65.8 cm³/mol. The van der Waals surface area contributed by atoms with E-state index in [1.807, 2.05) is 27.7 Å². The van der Waals surface area contributed by atoms with Crippen LogP contribution in [0.25, 0.3) is 0 Å². The fraction of sp³-hybridized carbons (Fsp3) is 1.00. The number of rotatable bonds is 6. The molecule has 0 saturated heterocycles. The van der Waals surface area contributed by atoms with Gasteiger partial charge in [0.15, 0.2) is 0 Å². The average molecular weight is 256 g/mol. The second-order valence-electron chi connectivity index (χ2n) is 4.83. The summed E-state index contributed by atoms with van der Waals surface area (Å²) in [7, 11) is -3.14. The summed E-state index contributed by atoms with van der Waals surface area (Å²) in [5.74, 6) is 0.651. The third kappa shape index (κ3) is 6.38. The molecule has 0 fully saturated rings. The zero-order chi connectivity index (χ0) is 12.1. The molecule has 0 aliphatic carbocycles. The standard InChI is InChI=1S/C10H22ClNO2S/c1-5-8-15(13,14)12-9(6-7-11)10(2,3)4/h9,12H,5-8H2,1-4H3. The highest BCUT2D eigenvalue weighted by atomic mass is 35.5. The third-order valence-electron chi connectivity index (χ3n) is 2.24. The van der Waals surface area contributed by atoms with Gasteiger partial charge >= 0.3 is 0 Å². The number of hydrogen-bond acceptors (Lipinski definition) is 2. The van der Waals surface area contributed by atoms with Gasteiger partial charge in [0.25, 0.3) is 0 Å². The molecule has 3 nitrogen and oxygen atoms in total. The molecule has 0 saturated carbocycles. The number of alkyl halides is 1. The number of hydrogen-bond donors (Lipinski definition) is 1. The molecule has 15 heavy (non-hydrogen) atoms. The van der Waals surface area contributed by atoms with Crippen molar-refractivity contribution < 1.29 is 8.42 Å².